The molecule has 0 amide bonds. The molecule has 6 heteroatoms. The predicted octanol–water partition coefficient (Wildman–Crippen LogP) is 1.49. The molecular formula is C19H16ClO4P. The molecule has 0 fully saturated rings. The van der Waals surface area contributed by atoms with E-state index in [2.05, 4.69) is 0 Å². The molecule has 1 unspecified atom stereocenters. The fourth-order valence-electron chi connectivity index (χ4n) is 2.85. The van der Waals surface area contributed by atoms with Gasteiger partial charge in [-0.3, -0.25) is 0 Å². The molecule has 128 valence electrons. The Labute approximate surface area is 150 Å². The van der Waals surface area contributed by atoms with Gasteiger partial charge < -0.3 is 0 Å². The highest BCUT2D eigenvalue weighted by atomic mass is 35.7. The summed E-state index contributed by atoms with van der Waals surface area (Å²) in [5.74, 6) is 0. The summed E-state index contributed by atoms with van der Waals surface area (Å²) in [7, 11) is -5.16. The summed E-state index contributed by atoms with van der Waals surface area (Å²) in [6.45, 7) is 0. The zero-order valence-electron chi connectivity index (χ0n) is 13.2. The van der Waals surface area contributed by atoms with Crippen LogP contribution in [-0.2, 0) is 9.23 Å². The highest BCUT2D eigenvalue weighted by molar-refractivity contribution is 7.34. The highest BCUT2D eigenvalue weighted by Gasteiger charge is 2.42. The Bertz CT molecular complexity index is 695. The second-order valence-corrected chi connectivity index (χ2v) is 7.73. The molecule has 0 bridgehead atoms. The predicted molar refractivity (Wildman–Crippen MR) is 88.6 cm³/mol. The Kier molecular flexibility index (Phi) is 5.50. The summed E-state index contributed by atoms with van der Waals surface area (Å²) in [6.07, 6.45) is 0. The van der Waals surface area contributed by atoms with Crippen LogP contribution in [0.25, 0.3) is 0 Å². The number of benzene rings is 3. The number of halogens is 1. The van der Waals surface area contributed by atoms with Crippen LogP contribution in [0.1, 0.15) is 16.7 Å². The average Bonchev–Trinajstić information content (AvgIpc) is 2.64. The molecule has 0 aliphatic rings. The van der Waals surface area contributed by atoms with Crippen LogP contribution in [0.3, 0.4) is 0 Å². The SMILES string of the molecule is [O-][Cl+3]([O-])([O-])OPC(c1ccccc1)(c1ccccc1)c1ccccc1. The van der Waals surface area contributed by atoms with Gasteiger partial charge in [0, 0.05) is 0 Å². The zero-order valence-corrected chi connectivity index (χ0v) is 14.9. The van der Waals surface area contributed by atoms with E-state index in [1.165, 1.54) is 0 Å². The van der Waals surface area contributed by atoms with Gasteiger partial charge in [0.1, 0.15) is 5.16 Å². The summed E-state index contributed by atoms with van der Waals surface area (Å²) in [4.78, 5) is 0. The van der Waals surface area contributed by atoms with Crippen molar-refractivity contribution in [3.63, 3.8) is 0 Å². The smallest absolute Gasteiger partial charge is 0.183 e. The molecule has 0 saturated heterocycles. The van der Waals surface area contributed by atoms with Crippen molar-refractivity contribution in [1.29, 1.82) is 0 Å². The van der Waals surface area contributed by atoms with Crippen LogP contribution >= 0.6 is 8.81 Å². The highest BCUT2D eigenvalue weighted by Crippen LogP contribution is 2.53. The third kappa shape index (κ3) is 4.07. The Hall–Kier alpha value is -1.78. The first-order chi connectivity index (χ1) is 12.0. The molecule has 0 N–H and O–H groups in total. The molecule has 3 rings (SSSR count). The van der Waals surface area contributed by atoms with Gasteiger partial charge in [-0.05, 0) is 16.7 Å². The molecule has 4 nitrogen and oxygen atoms in total. The second kappa shape index (κ2) is 7.63. The van der Waals surface area contributed by atoms with Crippen molar-refractivity contribution in [2.45, 2.75) is 5.16 Å². The lowest BCUT2D eigenvalue weighted by Crippen LogP contribution is -2.60. The fourth-order valence-corrected chi connectivity index (χ4v) is 4.54. The Balaban J connectivity index is 2.24. The van der Waals surface area contributed by atoms with Crippen LogP contribution in [0.15, 0.2) is 91.0 Å². The lowest BCUT2D eigenvalue weighted by molar-refractivity contribution is -1.91. The minimum absolute atomic E-state index is 0.635. The summed E-state index contributed by atoms with van der Waals surface area (Å²) in [5.41, 5.74) is 2.55. The van der Waals surface area contributed by atoms with Crippen LogP contribution in [0.4, 0.5) is 0 Å². The molecule has 0 aliphatic carbocycles. The van der Waals surface area contributed by atoms with Crippen molar-refractivity contribution >= 4 is 8.81 Å². The molecule has 0 radical (unpaired) electrons. The lowest BCUT2D eigenvalue weighted by atomic mass is 9.84. The molecule has 1 atom stereocenters. The van der Waals surface area contributed by atoms with Crippen LogP contribution in [0.5, 0.6) is 0 Å². The molecule has 0 aliphatic heterocycles. The number of hydrogen-bond acceptors (Lipinski definition) is 4. The maximum Gasteiger partial charge on any atom is 0.221 e. The lowest BCUT2D eigenvalue weighted by Gasteiger charge is -2.33. The summed E-state index contributed by atoms with van der Waals surface area (Å²) < 4.78 is 38.3. The summed E-state index contributed by atoms with van der Waals surface area (Å²) >= 11 is 0. The minimum atomic E-state index is -4.53. The standard InChI is InChI=1S/C19H16ClO4P/c21-20(22,23)24-25-19(16-10-4-1-5-11-16,17-12-6-2-7-13-17)18-14-8-3-9-15-18/h1-15,25H. The first-order valence-corrected chi connectivity index (χ1v) is 9.70. The minimum Gasteiger partial charge on any atom is -0.183 e. The molecule has 3 aromatic rings. The summed E-state index contributed by atoms with van der Waals surface area (Å²) in [5, 5.41) is -0.895. The topological polar surface area (TPSA) is 78.4 Å². The zero-order chi connectivity index (χ0) is 17.8. The van der Waals surface area contributed by atoms with Crippen molar-refractivity contribution in [3.8, 4) is 0 Å². The van der Waals surface area contributed by atoms with E-state index in [4.69, 9.17) is 4.08 Å². The maximum absolute atomic E-state index is 11.2. The average molecular weight is 375 g/mol. The van der Waals surface area contributed by atoms with E-state index < -0.39 is 24.2 Å². The summed E-state index contributed by atoms with van der Waals surface area (Å²) in [6, 6.07) is 28.4. The Morgan fingerprint density at radius 3 is 1.20 bits per heavy atom. The van der Waals surface area contributed by atoms with Crippen molar-refractivity contribution in [3.05, 3.63) is 108 Å². The van der Waals surface area contributed by atoms with Gasteiger partial charge in [0.15, 0.2) is 0 Å². The van der Waals surface area contributed by atoms with E-state index in [9.17, 15) is 14.0 Å². The van der Waals surface area contributed by atoms with Gasteiger partial charge in [-0.2, -0.15) is 14.0 Å². The molecule has 0 saturated carbocycles. The van der Waals surface area contributed by atoms with Gasteiger partial charge >= 0.3 is 0 Å². The monoisotopic (exact) mass is 374 g/mol. The maximum atomic E-state index is 11.2. The van der Waals surface area contributed by atoms with Gasteiger partial charge in [-0.25, -0.2) is 0 Å². The largest absolute Gasteiger partial charge is 0.221 e. The Morgan fingerprint density at radius 1 is 0.600 bits per heavy atom. The molecule has 3 aromatic carbocycles. The van der Waals surface area contributed by atoms with Gasteiger partial charge in [0.25, 0.3) is 0 Å². The first-order valence-electron chi connectivity index (χ1n) is 7.55. The molecule has 0 spiro atoms. The van der Waals surface area contributed by atoms with E-state index in [1.807, 2.05) is 91.0 Å². The van der Waals surface area contributed by atoms with Gasteiger partial charge in [0.05, 0.1) is 14.3 Å². The van der Waals surface area contributed by atoms with E-state index in [1.54, 1.807) is 0 Å². The third-order valence-electron chi connectivity index (χ3n) is 3.91. The molecule has 25 heavy (non-hydrogen) atoms. The van der Waals surface area contributed by atoms with Crippen LogP contribution in [-0.4, -0.2) is 0 Å². The van der Waals surface area contributed by atoms with Crippen LogP contribution in [0, 0.1) is 10.2 Å². The van der Waals surface area contributed by atoms with Crippen LogP contribution in [0.2, 0.25) is 0 Å². The number of hydrogen-bond donors (Lipinski definition) is 0. The van der Waals surface area contributed by atoms with Crippen LogP contribution < -0.4 is 14.0 Å². The van der Waals surface area contributed by atoms with E-state index in [-0.39, 0.29) is 0 Å². The van der Waals surface area contributed by atoms with Crippen molar-refractivity contribution < 1.29 is 28.3 Å². The van der Waals surface area contributed by atoms with Crippen molar-refractivity contribution in [1.82, 2.24) is 0 Å². The molecular weight excluding hydrogens is 359 g/mol. The van der Waals surface area contributed by atoms with Gasteiger partial charge in [0.2, 0.25) is 8.81 Å². The molecule has 0 heterocycles. The van der Waals surface area contributed by atoms with E-state index >= 15 is 0 Å². The van der Waals surface area contributed by atoms with Gasteiger partial charge in [-0.1, -0.05) is 91.0 Å². The first kappa shape index (κ1) is 18.0. The Morgan fingerprint density at radius 2 is 0.920 bits per heavy atom. The van der Waals surface area contributed by atoms with E-state index in [0.717, 1.165) is 16.7 Å². The normalized spacial score (nSPS) is 12.6. The van der Waals surface area contributed by atoms with Gasteiger partial charge in [-0.15, -0.1) is 0 Å². The second-order valence-electron chi connectivity index (χ2n) is 5.41. The third-order valence-corrected chi connectivity index (χ3v) is 6.14. The molecule has 0 aromatic heterocycles. The number of rotatable bonds is 6. The van der Waals surface area contributed by atoms with Crippen molar-refractivity contribution in [2.75, 3.05) is 0 Å². The van der Waals surface area contributed by atoms with E-state index in [0.29, 0.717) is 0 Å². The fraction of sp³-hybridized carbons (Fsp3) is 0.0526. The quantitative estimate of drug-likeness (QED) is 0.483. The van der Waals surface area contributed by atoms with Crippen molar-refractivity contribution in [2.24, 2.45) is 0 Å².